The number of aromatic amines is 1. The Morgan fingerprint density at radius 1 is 1.16 bits per heavy atom. The topological polar surface area (TPSA) is 48.1 Å². The summed E-state index contributed by atoms with van der Waals surface area (Å²) in [6.07, 6.45) is 2.28. The number of piperidine rings is 1. The van der Waals surface area contributed by atoms with Crippen LogP contribution in [-0.2, 0) is 0 Å². The predicted octanol–water partition coefficient (Wildman–Crippen LogP) is 6.38. The summed E-state index contributed by atoms with van der Waals surface area (Å²) in [5.41, 5.74) is 2.78. The van der Waals surface area contributed by atoms with Crippen molar-refractivity contribution in [2.24, 2.45) is 11.8 Å². The predicted molar refractivity (Wildman–Crippen MR) is 135 cm³/mol. The van der Waals surface area contributed by atoms with E-state index in [1.807, 2.05) is 24.3 Å². The number of H-pyrrole nitrogens is 1. The molecule has 0 aliphatic carbocycles. The summed E-state index contributed by atoms with van der Waals surface area (Å²) >= 11 is 7.64. The van der Waals surface area contributed by atoms with Crippen molar-refractivity contribution >= 4 is 40.2 Å². The molecule has 1 aliphatic heterocycles. The number of benzene rings is 2. The van der Waals surface area contributed by atoms with Gasteiger partial charge >= 0.3 is 0 Å². The molecule has 0 saturated carbocycles. The van der Waals surface area contributed by atoms with Crippen molar-refractivity contribution in [3.63, 3.8) is 0 Å². The van der Waals surface area contributed by atoms with Gasteiger partial charge in [-0.3, -0.25) is 4.79 Å². The Kier molecular flexibility index (Phi) is 7.49. The largest absolute Gasteiger partial charge is 0.351 e. The maximum absolute atomic E-state index is 13.1. The van der Waals surface area contributed by atoms with Crippen LogP contribution in [0.5, 0.6) is 0 Å². The van der Waals surface area contributed by atoms with Gasteiger partial charge < -0.3 is 15.2 Å². The number of halogens is 1. The molecule has 4 rings (SSSR count). The Hall–Kier alpha value is -1.95. The van der Waals surface area contributed by atoms with Gasteiger partial charge in [-0.15, -0.1) is 0 Å². The first-order valence-corrected chi connectivity index (χ1v) is 12.6. The molecule has 1 aliphatic rings. The molecule has 0 spiro atoms. The van der Waals surface area contributed by atoms with Gasteiger partial charge in [-0.2, -0.15) is 0 Å². The molecule has 6 heteroatoms. The number of likely N-dealkylation sites (tertiary alicyclic amines) is 1. The minimum atomic E-state index is -0.0457. The van der Waals surface area contributed by atoms with E-state index in [4.69, 9.17) is 11.6 Å². The van der Waals surface area contributed by atoms with E-state index >= 15 is 0 Å². The Balaban J connectivity index is 1.45. The second-order valence-corrected chi connectivity index (χ2v) is 10.8. The zero-order valence-corrected chi connectivity index (χ0v) is 20.7. The monoisotopic (exact) mass is 469 g/mol. The Morgan fingerprint density at radius 2 is 1.88 bits per heavy atom. The molecule has 4 nitrogen and oxygen atoms in total. The van der Waals surface area contributed by atoms with Gasteiger partial charge in [-0.25, -0.2) is 0 Å². The van der Waals surface area contributed by atoms with Crippen LogP contribution in [0.4, 0.5) is 0 Å². The molecule has 3 aromatic rings. The van der Waals surface area contributed by atoms with Gasteiger partial charge in [-0.05, 0) is 74.0 Å². The smallest absolute Gasteiger partial charge is 0.268 e. The SMILES string of the molecule is Cc1ccc2c(Sc3ccc(Cl)cc3)c(C(=O)NCCCN3C[C@@H](C)C[C@H](C)C3)[nH]c2c1. The van der Waals surface area contributed by atoms with Crippen molar-refractivity contribution in [3.8, 4) is 0 Å². The van der Waals surface area contributed by atoms with Gasteiger partial charge in [0.05, 0.1) is 4.90 Å². The fraction of sp³-hybridized carbons (Fsp3) is 0.423. The van der Waals surface area contributed by atoms with Gasteiger partial charge in [0.15, 0.2) is 0 Å². The van der Waals surface area contributed by atoms with E-state index in [2.05, 4.69) is 54.2 Å². The number of nitrogens with one attached hydrogen (secondary N) is 2. The highest BCUT2D eigenvalue weighted by Crippen LogP contribution is 2.37. The second kappa shape index (κ2) is 10.3. The van der Waals surface area contributed by atoms with Crippen molar-refractivity contribution in [2.45, 2.75) is 43.4 Å². The van der Waals surface area contributed by atoms with Gasteiger partial charge in [0.2, 0.25) is 0 Å². The molecule has 2 N–H and O–H groups in total. The van der Waals surface area contributed by atoms with Gasteiger partial charge in [-0.1, -0.05) is 49.3 Å². The first-order valence-electron chi connectivity index (χ1n) is 11.5. The molecule has 170 valence electrons. The minimum absolute atomic E-state index is 0.0457. The Labute approximate surface area is 200 Å². The molecule has 0 unspecified atom stereocenters. The van der Waals surface area contributed by atoms with Crippen LogP contribution in [0.2, 0.25) is 5.02 Å². The van der Waals surface area contributed by atoms with Crippen LogP contribution in [0, 0.1) is 18.8 Å². The number of hydrogen-bond donors (Lipinski definition) is 2. The van der Waals surface area contributed by atoms with Crippen molar-refractivity contribution in [1.82, 2.24) is 15.2 Å². The lowest BCUT2D eigenvalue weighted by atomic mass is 9.92. The van der Waals surface area contributed by atoms with Crippen molar-refractivity contribution in [3.05, 3.63) is 58.7 Å². The fourth-order valence-electron chi connectivity index (χ4n) is 4.74. The van der Waals surface area contributed by atoms with Crippen LogP contribution < -0.4 is 5.32 Å². The molecule has 2 atom stereocenters. The fourth-order valence-corrected chi connectivity index (χ4v) is 5.91. The molecule has 1 saturated heterocycles. The first kappa shape index (κ1) is 23.2. The van der Waals surface area contributed by atoms with Gasteiger partial charge in [0.25, 0.3) is 5.91 Å². The van der Waals surface area contributed by atoms with Crippen molar-refractivity contribution in [2.75, 3.05) is 26.2 Å². The average Bonchev–Trinajstić information content (AvgIpc) is 3.09. The maximum atomic E-state index is 13.1. The summed E-state index contributed by atoms with van der Waals surface area (Å²) in [6, 6.07) is 14.0. The van der Waals surface area contributed by atoms with Crippen molar-refractivity contribution in [1.29, 1.82) is 0 Å². The summed E-state index contributed by atoms with van der Waals surface area (Å²) in [4.78, 5) is 21.0. The zero-order chi connectivity index (χ0) is 22.7. The van der Waals surface area contributed by atoms with Crippen LogP contribution in [0.15, 0.2) is 52.3 Å². The lowest BCUT2D eigenvalue weighted by Gasteiger charge is -2.34. The third-order valence-corrected chi connectivity index (χ3v) is 7.44. The van der Waals surface area contributed by atoms with Crippen LogP contribution in [0.25, 0.3) is 10.9 Å². The molecule has 1 amide bonds. The molecule has 2 heterocycles. The second-order valence-electron chi connectivity index (χ2n) is 9.25. The van der Waals surface area contributed by atoms with Crippen LogP contribution >= 0.6 is 23.4 Å². The summed E-state index contributed by atoms with van der Waals surface area (Å²) in [5.74, 6) is 1.47. The molecule has 0 radical (unpaired) electrons. The number of rotatable bonds is 7. The highest BCUT2D eigenvalue weighted by atomic mass is 35.5. The number of fused-ring (bicyclic) bond motifs is 1. The molecule has 1 aromatic heterocycles. The Morgan fingerprint density at radius 3 is 2.59 bits per heavy atom. The number of carbonyl (C=O) groups is 1. The molecule has 0 bridgehead atoms. The highest BCUT2D eigenvalue weighted by molar-refractivity contribution is 7.99. The van der Waals surface area contributed by atoms with E-state index in [0.717, 1.165) is 45.5 Å². The number of carbonyl (C=O) groups excluding carboxylic acids is 1. The third kappa shape index (κ3) is 5.69. The number of aryl methyl sites for hydroxylation is 1. The van der Waals surface area contributed by atoms with E-state index in [9.17, 15) is 4.79 Å². The number of amides is 1. The van der Waals surface area contributed by atoms with E-state index in [-0.39, 0.29) is 5.91 Å². The molecular formula is C26H32ClN3OS. The van der Waals surface area contributed by atoms with E-state index in [0.29, 0.717) is 17.3 Å². The third-order valence-electron chi connectivity index (χ3n) is 6.05. The first-order chi connectivity index (χ1) is 15.4. The zero-order valence-electron chi connectivity index (χ0n) is 19.1. The molecule has 2 aromatic carbocycles. The van der Waals surface area contributed by atoms with E-state index in [1.165, 1.54) is 25.1 Å². The molecular weight excluding hydrogens is 438 g/mol. The standard InChI is InChI=1S/C26H32ClN3OS/c1-17-5-10-22-23(14-17)29-24(25(22)32-21-8-6-20(27)7-9-21)26(31)28-11-4-12-30-15-18(2)13-19(3)16-30/h5-10,14,18-19,29H,4,11-13,15-16H2,1-3H3,(H,28,31)/t18-,19-/m0/s1. The summed E-state index contributed by atoms with van der Waals surface area (Å²) in [6.45, 7) is 10.8. The molecule has 1 fully saturated rings. The Bertz CT molecular complexity index is 1070. The lowest BCUT2D eigenvalue weighted by molar-refractivity contribution is 0.0940. The van der Waals surface area contributed by atoms with Crippen LogP contribution in [0.3, 0.4) is 0 Å². The van der Waals surface area contributed by atoms with Crippen LogP contribution in [-0.4, -0.2) is 42.0 Å². The average molecular weight is 470 g/mol. The quantitative estimate of drug-likeness (QED) is 0.395. The molecule has 32 heavy (non-hydrogen) atoms. The minimum Gasteiger partial charge on any atom is -0.351 e. The summed E-state index contributed by atoms with van der Waals surface area (Å²) in [5, 5.41) is 4.91. The van der Waals surface area contributed by atoms with Crippen LogP contribution in [0.1, 0.15) is 42.7 Å². The maximum Gasteiger partial charge on any atom is 0.268 e. The van der Waals surface area contributed by atoms with Gasteiger partial charge in [0, 0.05) is 40.5 Å². The summed E-state index contributed by atoms with van der Waals surface area (Å²) in [7, 11) is 0. The summed E-state index contributed by atoms with van der Waals surface area (Å²) < 4.78 is 0. The number of nitrogens with zero attached hydrogens (tertiary/aromatic N) is 1. The number of hydrogen-bond acceptors (Lipinski definition) is 3. The van der Waals surface area contributed by atoms with Crippen molar-refractivity contribution < 1.29 is 4.79 Å². The van der Waals surface area contributed by atoms with E-state index in [1.54, 1.807) is 11.8 Å². The normalized spacial score (nSPS) is 19.4. The highest BCUT2D eigenvalue weighted by Gasteiger charge is 2.22. The van der Waals surface area contributed by atoms with Gasteiger partial charge in [0.1, 0.15) is 5.69 Å². The van der Waals surface area contributed by atoms with E-state index < -0.39 is 0 Å². The lowest BCUT2D eigenvalue weighted by Crippen LogP contribution is -2.40. The number of aromatic nitrogens is 1.